The standard InChI is InChI=1S/C62H48N2/c1-61(2)53-27-13-12-25-50(53)51-39-37-46(40-55(51)61)63(45-35-32-42(33-36-45)41-18-6-5-7-19-41)57-30-17-31-58-59(57)62(3,4)54-28-14-15-29-56(54)64(58)60-48-24-11-9-21-44(48)34-38-52(60)49-26-16-22-43-20-8-10-23-47(43)49/h5-40H,1-4H3. The highest BCUT2D eigenvalue weighted by Crippen LogP contribution is 2.59. The Morgan fingerprint density at radius 2 is 0.922 bits per heavy atom. The maximum Gasteiger partial charge on any atom is 0.0618 e. The second-order valence-electron chi connectivity index (χ2n) is 18.5. The molecule has 2 heteroatoms. The zero-order valence-corrected chi connectivity index (χ0v) is 36.7. The minimum atomic E-state index is -0.377. The lowest BCUT2D eigenvalue weighted by molar-refractivity contribution is 0.632. The fourth-order valence-electron chi connectivity index (χ4n) is 11.1. The Hall–Kier alpha value is -7.68. The van der Waals surface area contributed by atoms with E-state index in [-0.39, 0.29) is 10.8 Å². The quantitative estimate of drug-likeness (QED) is 0.165. The molecule has 1 heterocycles. The molecular formula is C62H48N2. The summed E-state index contributed by atoms with van der Waals surface area (Å²) in [6.07, 6.45) is 0. The molecule has 306 valence electrons. The van der Waals surface area contributed by atoms with Gasteiger partial charge < -0.3 is 9.80 Å². The second kappa shape index (κ2) is 14.4. The third-order valence-electron chi connectivity index (χ3n) is 14.2. The Morgan fingerprint density at radius 3 is 1.73 bits per heavy atom. The van der Waals surface area contributed by atoms with E-state index in [1.165, 1.54) is 94.2 Å². The van der Waals surface area contributed by atoms with Crippen LogP contribution in [-0.4, -0.2) is 0 Å². The monoisotopic (exact) mass is 820 g/mol. The largest absolute Gasteiger partial charge is 0.310 e. The number of hydrogen-bond donors (Lipinski definition) is 0. The molecule has 0 atom stereocenters. The number of benzene rings is 10. The van der Waals surface area contributed by atoms with Gasteiger partial charge >= 0.3 is 0 Å². The molecule has 10 aromatic rings. The summed E-state index contributed by atoms with van der Waals surface area (Å²) < 4.78 is 0. The molecule has 2 aliphatic rings. The maximum absolute atomic E-state index is 2.58. The predicted molar refractivity (Wildman–Crippen MR) is 271 cm³/mol. The third kappa shape index (κ3) is 5.72. The van der Waals surface area contributed by atoms with Crippen molar-refractivity contribution in [3.05, 3.63) is 241 Å². The predicted octanol–water partition coefficient (Wildman–Crippen LogP) is 17.2. The van der Waals surface area contributed by atoms with Crippen LogP contribution in [0.25, 0.3) is 54.9 Å². The molecule has 0 saturated heterocycles. The molecule has 0 spiro atoms. The maximum atomic E-state index is 2.58. The normalized spacial score (nSPS) is 14.2. The van der Waals surface area contributed by atoms with Crippen molar-refractivity contribution in [3.8, 4) is 33.4 Å². The highest BCUT2D eigenvalue weighted by Gasteiger charge is 2.42. The van der Waals surface area contributed by atoms with Gasteiger partial charge in [0, 0.05) is 38.7 Å². The first-order valence-electron chi connectivity index (χ1n) is 22.5. The molecule has 0 saturated carbocycles. The van der Waals surface area contributed by atoms with E-state index in [1.807, 2.05) is 0 Å². The minimum Gasteiger partial charge on any atom is -0.310 e. The van der Waals surface area contributed by atoms with E-state index in [4.69, 9.17) is 0 Å². The summed E-state index contributed by atoms with van der Waals surface area (Å²) in [6.45, 7) is 9.58. The Kier molecular flexibility index (Phi) is 8.58. The molecule has 2 nitrogen and oxygen atoms in total. The van der Waals surface area contributed by atoms with Crippen molar-refractivity contribution < 1.29 is 0 Å². The zero-order valence-electron chi connectivity index (χ0n) is 36.7. The Balaban J connectivity index is 1.14. The zero-order chi connectivity index (χ0) is 43.2. The summed E-state index contributed by atoms with van der Waals surface area (Å²) >= 11 is 0. The molecule has 0 unspecified atom stereocenters. The van der Waals surface area contributed by atoms with Gasteiger partial charge in [-0.1, -0.05) is 204 Å². The first kappa shape index (κ1) is 38.0. The summed E-state index contributed by atoms with van der Waals surface area (Å²) in [4.78, 5) is 5.10. The van der Waals surface area contributed by atoms with Crippen molar-refractivity contribution in [1.82, 2.24) is 0 Å². The van der Waals surface area contributed by atoms with Crippen LogP contribution in [-0.2, 0) is 10.8 Å². The number of hydrogen-bond acceptors (Lipinski definition) is 2. The van der Waals surface area contributed by atoms with E-state index in [0.717, 1.165) is 17.1 Å². The van der Waals surface area contributed by atoms with Gasteiger partial charge in [-0.05, 0) is 103 Å². The van der Waals surface area contributed by atoms with Gasteiger partial charge in [-0.3, -0.25) is 0 Å². The van der Waals surface area contributed by atoms with Crippen LogP contribution in [0.2, 0.25) is 0 Å². The van der Waals surface area contributed by atoms with Gasteiger partial charge in [0.1, 0.15) is 0 Å². The number of para-hydroxylation sites is 1. The Bertz CT molecular complexity index is 3440. The molecule has 0 aromatic heterocycles. The number of anilines is 6. The van der Waals surface area contributed by atoms with Crippen LogP contribution in [0, 0.1) is 0 Å². The Morgan fingerprint density at radius 1 is 0.359 bits per heavy atom. The topological polar surface area (TPSA) is 6.48 Å². The van der Waals surface area contributed by atoms with E-state index in [9.17, 15) is 0 Å². The molecular weight excluding hydrogens is 773 g/mol. The molecule has 10 aromatic carbocycles. The fourth-order valence-corrected chi connectivity index (χ4v) is 11.1. The molecule has 0 bridgehead atoms. The van der Waals surface area contributed by atoms with Crippen LogP contribution in [0.5, 0.6) is 0 Å². The smallest absolute Gasteiger partial charge is 0.0618 e. The first-order chi connectivity index (χ1) is 31.3. The summed E-state index contributed by atoms with van der Waals surface area (Å²) in [7, 11) is 0. The SMILES string of the molecule is CC1(C)c2ccccc2-c2ccc(N(c3ccc(-c4ccccc4)cc3)c3cccc4c3C(C)(C)c3ccccc3N4c3c(-c4cccc5ccccc45)ccc4ccccc34)cc21. The second-order valence-corrected chi connectivity index (χ2v) is 18.5. The van der Waals surface area contributed by atoms with Gasteiger partial charge in [0.25, 0.3) is 0 Å². The summed E-state index contributed by atoms with van der Waals surface area (Å²) in [5, 5.41) is 4.90. The average molecular weight is 821 g/mol. The minimum absolute atomic E-state index is 0.151. The number of rotatable bonds is 6. The van der Waals surface area contributed by atoms with E-state index in [1.54, 1.807) is 0 Å². The van der Waals surface area contributed by atoms with Crippen LogP contribution in [0.15, 0.2) is 218 Å². The van der Waals surface area contributed by atoms with Crippen molar-refractivity contribution in [2.75, 3.05) is 9.80 Å². The van der Waals surface area contributed by atoms with E-state index in [2.05, 4.69) is 256 Å². The third-order valence-corrected chi connectivity index (χ3v) is 14.2. The van der Waals surface area contributed by atoms with Crippen LogP contribution in [0.4, 0.5) is 34.1 Å². The summed E-state index contributed by atoms with van der Waals surface area (Å²) in [5.41, 5.74) is 19.2. The van der Waals surface area contributed by atoms with Crippen molar-refractivity contribution in [2.24, 2.45) is 0 Å². The molecule has 1 aliphatic carbocycles. The van der Waals surface area contributed by atoms with E-state index >= 15 is 0 Å². The van der Waals surface area contributed by atoms with Crippen LogP contribution < -0.4 is 9.80 Å². The first-order valence-corrected chi connectivity index (χ1v) is 22.5. The molecule has 64 heavy (non-hydrogen) atoms. The van der Waals surface area contributed by atoms with Crippen molar-refractivity contribution >= 4 is 55.7 Å². The van der Waals surface area contributed by atoms with Gasteiger partial charge in [-0.2, -0.15) is 0 Å². The Labute approximate surface area is 376 Å². The van der Waals surface area contributed by atoms with Gasteiger partial charge in [0.05, 0.1) is 22.7 Å². The van der Waals surface area contributed by atoms with Crippen molar-refractivity contribution in [1.29, 1.82) is 0 Å². The van der Waals surface area contributed by atoms with E-state index in [0.29, 0.717) is 0 Å². The van der Waals surface area contributed by atoms with Gasteiger partial charge in [0.2, 0.25) is 0 Å². The van der Waals surface area contributed by atoms with Gasteiger partial charge in [-0.25, -0.2) is 0 Å². The molecule has 0 N–H and O–H groups in total. The van der Waals surface area contributed by atoms with Crippen molar-refractivity contribution in [3.63, 3.8) is 0 Å². The lowest BCUT2D eigenvalue weighted by Crippen LogP contribution is -2.32. The van der Waals surface area contributed by atoms with Crippen LogP contribution >= 0.6 is 0 Å². The molecule has 0 radical (unpaired) electrons. The van der Waals surface area contributed by atoms with E-state index < -0.39 is 0 Å². The molecule has 1 aliphatic heterocycles. The summed E-state index contributed by atoms with van der Waals surface area (Å²) in [5.74, 6) is 0. The average Bonchev–Trinajstić information content (AvgIpc) is 3.57. The lowest BCUT2D eigenvalue weighted by Gasteiger charge is -2.45. The van der Waals surface area contributed by atoms with Gasteiger partial charge in [0.15, 0.2) is 0 Å². The molecule has 0 amide bonds. The van der Waals surface area contributed by atoms with Crippen LogP contribution in [0.1, 0.15) is 49.9 Å². The number of nitrogens with zero attached hydrogens (tertiary/aromatic N) is 2. The summed E-state index contributed by atoms with van der Waals surface area (Å²) in [6, 6.07) is 81.0. The lowest BCUT2D eigenvalue weighted by atomic mass is 9.72. The highest BCUT2D eigenvalue weighted by molar-refractivity contribution is 6.11. The fraction of sp³-hybridized carbons (Fsp3) is 0.0968. The highest BCUT2D eigenvalue weighted by atomic mass is 15.2. The van der Waals surface area contributed by atoms with Crippen LogP contribution in [0.3, 0.4) is 0 Å². The molecule has 12 rings (SSSR count). The van der Waals surface area contributed by atoms with Crippen molar-refractivity contribution in [2.45, 2.75) is 38.5 Å². The number of fused-ring (bicyclic) bond motifs is 7. The van der Waals surface area contributed by atoms with Gasteiger partial charge in [-0.15, -0.1) is 0 Å². The molecule has 0 fully saturated rings.